The van der Waals surface area contributed by atoms with E-state index in [9.17, 15) is 13.2 Å². The van der Waals surface area contributed by atoms with Crippen molar-refractivity contribution in [3.8, 4) is 0 Å². The Labute approximate surface area is 166 Å². The molecule has 1 spiro atoms. The van der Waals surface area contributed by atoms with Crippen LogP contribution in [-0.4, -0.2) is 48.3 Å². The monoisotopic (exact) mass is 411 g/mol. The second-order valence-electron chi connectivity index (χ2n) is 8.48. The molecule has 1 heterocycles. The van der Waals surface area contributed by atoms with Crippen LogP contribution in [0.2, 0.25) is 0 Å². The van der Waals surface area contributed by atoms with Crippen LogP contribution in [0.1, 0.15) is 52.0 Å². The molecule has 8 heteroatoms. The van der Waals surface area contributed by atoms with E-state index in [1.165, 1.54) is 16.4 Å². The van der Waals surface area contributed by atoms with Crippen molar-refractivity contribution in [3.05, 3.63) is 29.8 Å². The highest BCUT2D eigenvalue weighted by Gasteiger charge is 2.51. The summed E-state index contributed by atoms with van der Waals surface area (Å²) < 4.78 is 39.3. The molecule has 2 aliphatic rings. The van der Waals surface area contributed by atoms with E-state index in [1.807, 2.05) is 20.8 Å². The van der Waals surface area contributed by atoms with Crippen molar-refractivity contribution in [2.45, 2.75) is 69.3 Å². The fraction of sp³-hybridized carbons (Fsp3) is 0.650. The summed E-state index contributed by atoms with van der Waals surface area (Å²) in [5, 5.41) is 9.16. The SMILES string of the molecule is CC(C)(C)OC(=O)C1CCC2(CC1)OCCN2S(=O)(=O)c1ccc(CO)cc1. The number of sulfonamides is 1. The van der Waals surface area contributed by atoms with E-state index in [4.69, 9.17) is 14.6 Å². The summed E-state index contributed by atoms with van der Waals surface area (Å²) in [6.07, 6.45) is 1.99. The molecule has 1 aliphatic heterocycles. The van der Waals surface area contributed by atoms with E-state index in [1.54, 1.807) is 12.1 Å². The molecule has 0 amide bonds. The first-order valence-electron chi connectivity index (χ1n) is 9.67. The lowest BCUT2D eigenvalue weighted by Crippen LogP contribution is -2.51. The third-order valence-corrected chi connectivity index (χ3v) is 7.28. The van der Waals surface area contributed by atoms with Gasteiger partial charge in [-0.2, -0.15) is 4.31 Å². The number of ether oxygens (including phenoxy) is 2. The normalized spacial score (nSPS) is 26.5. The standard InChI is InChI=1S/C20H29NO6S/c1-19(2,3)27-18(23)16-8-10-20(11-9-16)21(12-13-26-20)28(24,25)17-6-4-15(14-22)5-7-17/h4-7,16,22H,8-14H2,1-3H3. The second kappa shape index (κ2) is 7.74. The van der Waals surface area contributed by atoms with Gasteiger partial charge < -0.3 is 14.6 Å². The number of hydrogen-bond acceptors (Lipinski definition) is 6. The van der Waals surface area contributed by atoms with Gasteiger partial charge in [-0.05, 0) is 64.2 Å². The summed E-state index contributed by atoms with van der Waals surface area (Å²) in [6.45, 7) is 6.01. The van der Waals surface area contributed by atoms with Gasteiger partial charge in [0.15, 0.2) is 0 Å². The smallest absolute Gasteiger partial charge is 0.309 e. The van der Waals surface area contributed by atoms with Gasteiger partial charge in [0, 0.05) is 6.54 Å². The average molecular weight is 412 g/mol. The zero-order valence-corrected chi connectivity index (χ0v) is 17.5. The molecule has 3 rings (SSSR count). The zero-order valence-electron chi connectivity index (χ0n) is 16.7. The molecule has 0 bridgehead atoms. The summed E-state index contributed by atoms with van der Waals surface area (Å²) in [6, 6.07) is 6.24. The average Bonchev–Trinajstić information content (AvgIpc) is 3.04. The van der Waals surface area contributed by atoms with E-state index in [-0.39, 0.29) is 23.4 Å². The van der Waals surface area contributed by atoms with E-state index in [0.29, 0.717) is 44.4 Å². The van der Waals surface area contributed by atoms with E-state index < -0.39 is 21.3 Å². The number of esters is 1. The number of hydrogen-bond donors (Lipinski definition) is 1. The minimum Gasteiger partial charge on any atom is -0.460 e. The minimum atomic E-state index is -3.73. The van der Waals surface area contributed by atoms with Crippen LogP contribution in [0.5, 0.6) is 0 Å². The van der Waals surface area contributed by atoms with Gasteiger partial charge in [-0.15, -0.1) is 0 Å². The van der Waals surface area contributed by atoms with E-state index in [2.05, 4.69) is 0 Å². The van der Waals surface area contributed by atoms with Crippen LogP contribution in [0.25, 0.3) is 0 Å². The van der Waals surface area contributed by atoms with Crippen LogP contribution in [0.4, 0.5) is 0 Å². The van der Waals surface area contributed by atoms with Crippen molar-refractivity contribution in [3.63, 3.8) is 0 Å². The summed E-state index contributed by atoms with van der Waals surface area (Å²) in [7, 11) is -3.73. The highest BCUT2D eigenvalue weighted by Crippen LogP contribution is 2.43. The Morgan fingerprint density at radius 1 is 1.25 bits per heavy atom. The third kappa shape index (κ3) is 4.25. The van der Waals surface area contributed by atoms with Crippen molar-refractivity contribution in [1.29, 1.82) is 0 Å². The molecule has 1 N–H and O–H groups in total. The van der Waals surface area contributed by atoms with Gasteiger partial charge >= 0.3 is 5.97 Å². The molecular formula is C20H29NO6S. The van der Waals surface area contributed by atoms with Crippen molar-refractivity contribution < 1.29 is 27.8 Å². The first kappa shape index (κ1) is 21.2. The lowest BCUT2D eigenvalue weighted by Gasteiger charge is -2.41. The summed E-state index contributed by atoms with van der Waals surface area (Å²) in [4.78, 5) is 12.5. The number of aliphatic hydroxyl groups excluding tert-OH is 1. The molecule has 1 aromatic rings. The topological polar surface area (TPSA) is 93.1 Å². The predicted molar refractivity (Wildman–Crippen MR) is 103 cm³/mol. The molecule has 1 saturated heterocycles. The maximum absolute atomic E-state index is 13.2. The maximum atomic E-state index is 13.2. The van der Waals surface area contributed by atoms with E-state index in [0.717, 1.165) is 0 Å². The Balaban J connectivity index is 1.75. The Kier molecular flexibility index (Phi) is 5.87. The van der Waals surface area contributed by atoms with Gasteiger partial charge in [-0.1, -0.05) is 12.1 Å². The quantitative estimate of drug-likeness (QED) is 0.765. The fourth-order valence-corrected chi connectivity index (χ4v) is 5.63. The fourth-order valence-electron chi connectivity index (χ4n) is 3.91. The van der Waals surface area contributed by atoms with Crippen molar-refractivity contribution in [2.24, 2.45) is 5.92 Å². The number of carbonyl (C=O) groups is 1. The van der Waals surface area contributed by atoms with Gasteiger partial charge in [0.2, 0.25) is 10.0 Å². The van der Waals surface area contributed by atoms with Gasteiger partial charge in [0.05, 0.1) is 24.0 Å². The van der Waals surface area contributed by atoms with Crippen LogP contribution in [0, 0.1) is 5.92 Å². The summed E-state index contributed by atoms with van der Waals surface area (Å²) in [5.41, 5.74) is -0.775. The van der Waals surface area contributed by atoms with Crippen LogP contribution in [0.15, 0.2) is 29.2 Å². The highest BCUT2D eigenvalue weighted by molar-refractivity contribution is 7.89. The first-order valence-corrected chi connectivity index (χ1v) is 11.1. The molecule has 2 fully saturated rings. The number of nitrogens with zero attached hydrogens (tertiary/aromatic N) is 1. The molecule has 7 nitrogen and oxygen atoms in total. The van der Waals surface area contributed by atoms with Gasteiger partial charge in [0.1, 0.15) is 11.3 Å². The van der Waals surface area contributed by atoms with Gasteiger partial charge in [-0.3, -0.25) is 4.79 Å². The van der Waals surface area contributed by atoms with Crippen molar-refractivity contribution >= 4 is 16.0 Å². The Morgan fingerprint density at radius 2 is 1.86 bits per heavy atom. The lowest BCUT2D eigenvalue weighted by molar-refractivity contribution is -0.164. The summed E-state index contributed by atoms with van der Waals surface area (Å²) in [5.74, 6) is -0.461. The molecule has 0 radical (unpaired) electrons. The molecule has 0 atom stereocenters. The number of aliphatic hydroxyl groups is 1. The zero-order chi connectivity index (χ0) is 20.6. The summed E-state index contributed by atoms with van der Waals surface area (Å²) >= 11 is 0. The molecule has 156 valence electrons. The Morgan fingerprint density at radius 3 is 2.39 bits per heavy atom. The predicted octanol–water partition coefficient (Wildman–Crippen LogP) is 2.43. The van der Waals surface area contributed by atoms with Crippen molar-refractivity contribution in [2.75, 3.05) is 13.2 Å². The minimum absolute atomic E-state index is 0.136. The van der Waals surface area contributed by atoms with Crippen LogP contribution in [0.3, 0.4) is 0 Å². The molecule has 1 saturated carbocycles. The molecule has 1 aromatic carbocycles. The number of benzene rings is 1. The number of rotatable bonds is 4. The van der Waals surface area contributed by atoms with Crippen LogP contribution >= 0.6 is 0 Å². The maximum Gasteiger partial charge on any atom is 0.309 e. The van der Waals surface area contributed by atoms with Gasteiger partial charge in [-0.25, -0.2) is 8.42 Å². The van der Waals surface area contributed by atoms with E-state index >= 15 is 0 Å². The Bertz CT molecular complexity index is 804. The second-order valence-corrected chi connectivity index (χ2v) is 10.3. The largest absolute Gasteiger partial charge is 0.460 e. The number of carbonyl (C=O) groups excluding carboxylic acids is 1. The molecule has 28 heavy (non-hydrogen) atoms. The van der Waals surface area contributed by atoms with Crippen LogP contribution in [-0.2, 0) is 30.9 Å². The molecule has 0 aromatic heterocycles. The third-order valence-electron chi connectivity index (χ3n) is 5.32. The van der Waals surface area contributed by atoms with Gasteiger partial charge in [0.25, 0.3) is 0 Å². The lowest BCUT2D eigenvalue weighted by atomic mass is 9.83. The first-order chi connectivity index (χ1) is 13.1. The highest BCUT2D eigenvalue weighted by atomic mass is 32.2. The van der Waals surface area contributed by atoms with Crippen molar-refractivity contribution in [1.82, 2.24) is 4.31 Å². The van der Waals surface area contributed by atoms with Crippen LogP contribution < -0.4 is 0 Å². The molecule has 1 aliphatic carbocycles. The molecule has 0 unspecified atom stereocenters. The Hall–Kier alpha value is -1.48. The molecular weight excluding hydrogens is 382 g/mol.